The van der Waals surface area contributed by atoms with Crippen molar-refractivity contribution < 1.29 is 9.18 Å². The number of hydrogen-bond acceptors (Lipinski definition) is 7. The number of carbonyl (C=O) groups is 1. The molecule has 182 valence electrons. The van der Waals surface area contributed by atoms with E-state index in [0.717, 1.165) is 38.0 Å². The number of carbonyl (C=O) groups excluding carboxylic acids is 1. The van der Waals surface area contributed by atoms with Crippen LogP contribution in [0, 0.1) is 0 Å². The molecule has 3 aromatic rings. The third-order valence-corrected chi connectivity index (χ3v) is 6.45. The van der Waals surface area contributed by atoms with Crippen LogP contribution in [-0.2, 0) is 18.4 Å². The minimum Gasteiger partial charge on any atom is -0.350 e. The second kappa shape index (κ2) is 9.58. The van der Waals surface area contributed by atoms with Crippen LogP contribution in [0.15, 0.2) is 42.6 Å². The van der Waals surface area contributed by atoms with Crippen molar-refractivity contribution in [2.75, 3.05) is 23.9 Å². The largest absolute Gasteiger partial charge is 0.350 e. The van der Waals surface area contributed by atoms with Gasteiger partial charge in [0.25, 0.3) is 5.91 Å². The highest BCUT2D eigenvalue weighted by Gasteiger charge is 2.46. The van der Waals surface area contributed by atoms with E-state index < -0.39 is 12.1 Å². The number of fused-ring (bicyclic) bond motifs is 1. The van der Waals surface area contributed by atoms with E-state index in [0.29, 0.717) is 28.8 Å². The highest BCUT2D eigenvalue weighted by molar-refractivity contribution is 5.99. The summed E-state index contributed by atoms with van der Waals surface area (Å²) in [6.07, 6.45) is 4.10. The van der Waals surface area contributed by atoms with Gasteiger partial charge in [-0.3, -0.25) is 9.18 Å². The van der Waals surface area contributed by atoms with Crippen LogP contribution >= 0.6 is 0 Å². The predicted octanol–water partition coefficient (Wildman–Crippen LogP) is 4.14. The summed E-state index contributed by atoms with van der Waals surface area (Å²) in [5.41, 5.74) is 4.00. The lowest BCUT2D eigenvalue weighted by molar-refractivity contribution is 0.0943. The lowest BCUT2D eigenvalue weighted by Gasteiger charge is -2.18. The number of halogens is 1. The van der Waals surface area contributed by atoms with E-state index in [2.05, 4.69) is 48.4 Å². The highest BCUT2D eigenvalue weighted by atomic mass is 19.1. The first-order valence-corrected chi connectivity index (χ1v) is 12.0. The minimum atomic E-state index is -0.477. The molecule has 1 aliphatic heterocycles. The van der Waals surface area contributed by atoms with Gasteiger partial charge in [0.2, 0.25) is 5.95 Å². The van der Waals surface area contributed by atoms with Crippen molar-refractivity contribution in [1.29, 1.82) is 0 Å². The molecule has 0 radical (unpaired) electrons. The van der Waals surface area contributed by atoms with Gasteiger partial charge in [-0.05, 0) is 75.0 Å². The minimum absolute atomic E-state index is 0.0435. The average Bonchev–Trinajstić information content (AvgIpc) is 3.65. The maximum atomic E-state index is 13.6. The number of pyridine rings is 1. The molecule has 0 unspecified atom stereocenters. The van der Waals surface area contributed by atoms with Gasteiger partial charge < -0.3 is 21.3 Å². The first-order valence-electron chi connectivity index (χ1n) is 12.0. The zero-order valence-corrected chi connectivity index (χ0v) is 20.0. The number of anilines is 4. The number of nitrogens with one attached hydrogen (secondary N) is 4. The molecule has 5 rings (SSSR count). The Hall–Kier alpha value is -3.59. The van der Waals surface area contributed by atoms with Crippen LogP contribution in [0.2, 0.25) is 0 Å². The Bertz CT molecular complexity index is 1240. The van der Waals surface area contributed by atoms with Gasteiger partial charge in [0, 0.05) is 29.9 Å². The Morgan fingerprint density at radius 1 is 1.14 bits per heavy atom. The smallest absolute Gasteiger partial charge is 0.256 e. The Balaban J connectivity index is 1.44. The topological polar surface area (TPSA) is 104 Å². The fraction of sp³-hybridized carbons (Fsp3) is 0.385. The molecular weight excluding hydrogens is 445 g/mol. The molecule has 0 atom stereocenters. The molecular formula is C26H30FN7O. The number of hydrogen-bond donors (Lipinski definition) is 4. The van der Waals surface area contributed by atoms with E-state index in [1.54, 1.807) is 6.07 Å². The van der Waals surface area contributed by atoms with E-state index >= 15 is 0 Å². The van der Waals surface area contributed by atoms with Gasteiger partial charge in [-0.2, -0.15) is 4.98 Å². The summed E-state index contributed by atoms with van der Waals surface area (Å²) < 4.78 is 13.6. The van der Waals surface area contributed by atoms with Gasteiger partial charge in [0.1, 0.15) is 23.9 Å². The summed E-state index contributed by atoms with van der Waals surface area (Å²) in [6.45, 7) is 5.17. The summed E-state index contributed by atoms with van der Waals surface area (Å²) in [4.78, 5) is 26.5. The van der Waals surface area contributed by atoms with Crippen LogP contribution in [0.1, 0.15) is 53.9 Å². The molecule has 0 spiro atoms. The first kappa shape index (κ1) is 23.2. The number of amides is 1. The number of rotatable bonds is 8. The van der Waals surface area contributed by atoms with Crippen LogP contribution in [0.3, 0.4) is 0 Å². The molecule has 0 bridgehead atoms. The van der Waals surface area contributed by atoms with Gasteiger partial charge in [-0.15, -0.1) is 0 Å². The van der Waals surface area contributed by atoms with Crippen molar-refractivity contribution in [2.24, 2.45) is 0 Å². The molecule has 4 N–H and O–H groups in total. The lowest BCUT2D eigenvalue weighted by Crippen LogP contribution is -2.31. The molecule has 1 fully saturated rings. The number of aromatic nitrogens is 3. The average molecular weight is 476 g/mol. The van der Waals surface area contributed by atoms with Crippen LogP contribution < -0.4 is 21.3 Å². The standard InChI is InChI=1S/C26H30FN7O/c1-16(2)30-24(35)20-14-29-25(31-19-7-6-17-8-11-28-13-18(17)12-19)34-23(20)33-22-5-3-4-21(32-22)26(15-27)9-10-26/h3-7,12,14,16,28H,8-11,13,15H2,1-2H3,(H,30,35)(H2,29,31,32,33,34). The second-order valence-corrected chi connectivity index (χ2v) is 9.57. The summed E-state index contributed by atoms with van der Waals surface area (Å²) >= 11 is 0. The zero-order valence-electron chi connectivity index (χ0n) is 20.0. The monoisotopic (exact) mass is 475 g/mol. The quantitative estimate of drug-likeness (QED) is 0.388. The Morgan fingerprint density at radius 3 is 2.77 bits per heavy atom. The molecule has 1 aliphatic carbocycles. The van der Waals surface area contributed by atoms with Gasteiger partial charge in [0.05, 0.1) is 5.69 Å². The van der Waals surface area contributed by atoms with E-state index in [1.807, 2.05) is 32.0 Å². The molecule has 2 aliphatic rings. The van der Waals surface area contributed by atoms with Crippen molar-refractivity contribution in [3.63, 3.8) is 0 Å². The van der Waals surface area contributed by atoms with Crippen LogP contribution in [0.4, 0.5) is 27.7 Å². The van der Waals surface area contributed by atoms with E-state index in [9.17, 15) is 9.18 Å². The Labute approximate surface area is 204 Å². The molecule has 35 heavy (non-hydrogen) atoms. The van der Waals surface area contributed by atoms with Gasteiger partial charge in [-0.25, -0.2) is 9.97 Å². The van der Waals surface area contributed by atoms with E-state index in [-0.39, 0.29) is 11.9 Å². The molecule has 9 heteroatoms. The van der Waals surface area contributed by atoms with Gasteiger partial charge >= 0.3 is 0 Å². The summed E-state index contributed by atoms with van der Waals surface area (Å²) in [5.74, 6) is 0.906. The molecule has 3 heterocycles. The van der Waals surface area contributed by atoms with E-state index in [1.165, 1.54) is 17.3 Å². The molecule has 0 saturated heterocycles. The Morgan fingerprint density at radius 2 is 2.00 bits per heavy atom. The fourth-order valence-corrected chi connectivity index (χ4v) is 4.26. The normalized spacial score (nSPS) is 15.9. The number of alkyl halides is 1. The third-order valence-electron chi connectivity index (χ3n) is 6.45. The van der Waals surface area contributed by atoms with Gasteiger partial charge in [-0.1, -0.05) is 12.1 Å². The fourth-order valence-electron chi connectivity index (χ4n) is 4.26. The van der Waals surface area contributed by atoms with Crippen molar-refractivity contribution >= 4 is 29.2 Å². The molecule has 8 nitrogen and oxygen atoms in total. The SMILES string of the molecule is CC(C)NC(=O)c1cnc(Nc2ccc3c(c2)CNCC3)nc1Nc1cccc(C2(CF)CC2)n1. The van der Waals surface area contributed by atoms with Crippen molar-refractivity contribution in [3.8, 4) is 0 Å². The molecule has 2 aromatic heterocycles. The van der Waals surface area contributed by atoms with E-state index in [4.69, 9.17) is 0 Å². The highest BCUT2D eigenvalue weighted by Crippen LogP contribution is 2.47. The van der Waals surface area contributed by atoms with Crippen molar-refractivity contribution in [1.82, 2.24) is 25.6 Å². The summed E-state index contributed by atoms with van der Waals surface area (Å²) in [6, 6.07) is 11.7. The summed E-state index contributed by atoms with van der Waals surface area (Å²) in [5, 5.41) is 12.7. The van der Waals surface area contributed by atoms with Crippen LogP contribution in [0.5, 0.6) is 0 Å². The molecule has 1 aromatic carbocycles. The van der Waals surface area contributed by atoms with Crippen molar-refractivity contribution in [2.45, 2.75) is 51.1 Å². The number of benzene rings is 1. The predicted molar refractivity (Wildman–Crippen MR) is 134 cm³/mol. The maximum Gasteiger partial charge on any atom is 0.256 e. The first-order chi connectivity index (χ1) is 17.0. The van der Waals surface area contributed by atoms with Crippen molar-refractivity contribution in [3.05, 3.63) is 65.0 Å². The number of nitrogens with zero attached hydrogens (tertiary/aromatic N) is 3. The molecule has 1 saturated carbocycles. The zero-order chi connectivity index (χ0) is 24.4. The lowest BCUT2D eigenvalue weighted by atomic mass is 10.0. The maximum absolute atomic E-state index is 13.6. The molecule has 1 amide bonds. The third kappa shape index (κ3) is 5.09. The van der Waals surface area contributed by atoms with Crippen LogP contribution in [0.25, 0.3) is 0 Å². The Kier molecular flexibility index (Phi) is 6.34. The second-order valence-electron chi connectivity index (χ2n) is 9.57. The summed E-state index contributed by atoms with van der Waals surface area (Å²) in [7, 11) is 0. The van der Waals surface area contributed by atoms with Gasteiger partial charge in [0.15, 0.2) is 0 Å². The van der Waals surface area contributed by atoms with Crippen LogP contribution in [-0.4, -0.2) is 40.1 Å².